The van der Waals surface area contributed by atoms with E-state index < -0.39 is 0 Å². The number of nitrogens with zero attached hydrogens (tertiary/aromatic N) is 1. The number of ether oxygens (including phenoxy) is 1. The van der Waals surface area contributed by atoms with Crippen LogP contribution in [0.15, 0.2) is 18.2 Å². The van der Waals surface area contributed by atoms with E-state index in [1.54, 1.807) is 4.90 Å². The molecule has 4 heteroatoms. The molecule has 1 heterocycles. The molecule has 0 saturated carbocycles. The molecule has 4 nitrogen and oxygen atoms in total. The van der Waals surface area contributed by atoms with Crippen molar-refractivity contribution in [2.24, 2.45) is 0 Å². The highest BCUT2D eigenvalue weighted by atomic mass is 16.5. The molecule has 0 atom stereocenters. The van der Waals surface area contributed by atoms with Crippen LogP contribution in [-0.4, -0.2) is 29.2 Å². The van der Waals surface area contributed by atoms with Crippen LogP contribution in [0.2, 0.25) is 0 Å². The standard InChI is InChI=1S/C15H19NO3/c1-10(2)19-15-6-4-5-12-13(15)9-16(11(3)17)8-7-14(12)18/h4-6,10H,7-9H2,1-3H3. The number of Topliss-reactive ketones (excluding diaryl/α,β-unsaturated/α-hetero) is 1. The predicted octanol–water partition coefficient (Wildman–Crippen LogP) is 2.41. The minimum Gasteiger partial charge on any atom is -0.491 e. The Morgan fingerprint density at radius 3 is 2.74 bits per heavy atom. The molecule has 1 amide bonds. The molecular formula is C15H19NO3. The third-order valence-corrected chi connectivity index (χ3v) is 3.20. The van der Waals surface area contributed by atoms with Gasteiger partial charge in [0.15, 0.2) is 5.78 Å². The van der Waals surface area contributed by atoms with Crippen LogP contribution in [-0.2, 0) is 11.3 Å². The Hall–Kier alpha value is -1.84. The van der Waals surface area contributed by atoms with Gasteiger partial charge < -0.3 is 9.64 Å². The van der Waals surface area contributed by atoms with E-state index in [4.69, 9.17) is 4.74 Å². The maximum atomic E-state index is 12.1. The molecule has 0 bridgehead atoms. The van der Waals surface area contributed by atoms with E-state index in [1.165, 1.54) is 6.92 Å². The number of fused-ring (bicyclic) bond motifs is 1. The topological polar surface area (TPSA) is 46.6 Å². The molecule has 19 heavy (non-hydrogen) atoms. The van der Waals surface area contributed by atoms with Crippen LogP contribution >= 0.6 is 0 Å². The summed E-state index contributed by atoms with van der Waals surface area (Å²) in [4.78, 5) is 25.4. The molecule has 2 rings (SSSR count). The minimum absolute atomic E-state index is 0.0139. The summed E-state index contributed by atoms with van der Waals surface area (Å²) < 4.78 is 5.75. The van der Waals surface area contributed by atoms with Gasteiger partial charge in [-0.25, -0.2) is 0 Å². The number of benzene rings is 1. The molecule has 0 N–H and O–H groups in total. The Morgan fingerprint density at radius 1 is 1.37 bits per heavy atom. The van der Waals surface area contributed by atoms with Crippen molar-refractivity contribution in [2.45, 2.75) is 39.8 Å². The number of carbonyl (C=O) groups is 2. The van der Waals surface area contributed by atoms with Gasteiger partial charge in [0, 0.05) is 37.6 Å². The van der Waals surface area contributed by atoms with Crippen molar-refractivity contribution in [3.63, 3.8) is 0 Å². The van der Waals surface area contributed by atoms with Crippen LogP contribution in [0.25, 0.3) is 0 Å². The molecule has 1 aromatic rings. The number of ketones is 1. The zero-order chi connectivity index (χ0) is 14.0. The summed E-state index contributed by atoms with van der Waals surface area (Å²) in [6.45, 7) is 6.34. The van der Waals surface area contributed by atoms with Gasteiger partial charge in [0.1, 0.15) is 5.75 Å². The fourth-order valence-corrected chi connectivity index (χ4v) is 2.26. The number of hydrogen-bond donors (Lipinski definition) is 0. The average Bonchev–Trinajstić information content (AvgIpc) is 2.50. The van der Waals surface area contributed by atoms with Crippen LogP contribution in [0.1, 0.15) is 43.1 Å². The summed E-state index contributed by atoms with van der Waals surface area (Å²) in [5.41, 5.74) is 1.51. The first kappa shape index (κ1) is 13.6. The fourth-order valence-electron chi connectivity index (χ4n) is 2.26. The van der Waals surface area contributed by atoms with Crippen LogP contribution in [0, 0.1) is 0 Å². The second-order valence-electron chi connectivity index (χ2n) is 5.06. The van der Waals surface area contributed by atoms with Crippen molar-refractivity contribution in [3.05, 3.63) is 29.3 Å². The van der Waals surface area contributed by atoms with Crippen LogP contribution < -0.4 is 4.74 Å². The van der Waals surface area contributed by atoms with Crippen molar-refractivity contribution in [1.82, 2.24) is 4.90 Å². The highest BCUT2D eigenvalue weighted by molar-refractivity contribution is 5.99. The van der Waals surface area contributed by atoms with Gasteiger partial charge in [-0.05, 0) is 19.9 Å². The molecule has 1 aromatic carbocycles. The Labute approximate surface area is 113 Å². The lowest BCUT2D eigenvalue weighted by molar-refractivity contribution is -0.129. The number of rotatable bonds is 2. The Bertz CT molecular complexity index is 508. The summed E-state index contributed by atoms with van der Waals surface area (Å²) in [6.07, 6.45) is 0.410. The first-order chi connectivity index (χ1) is 8.99. The van der Waals surface area contributed by atoms with Gasteiger partial charge >= 0.3 is 0 Å². The van der Waals surface area contributed by atoms with Gasteiger partial charge in [0.05, 0.1) is 6.10 Å². The lowest BCUT2D eigenvalue weighted by Gasteiger charge is -2.21. The Morgan fingerprint density at radius 2 is 2.11 bits per heavy atom. The van der Waals surface area contributed by atoms with E-state index in [2.05, 4.69) is 0 Å². The Balaban J connectivity index is 2.44. The summed E-state index contributed by atoms with van der Waals surface area (Å²) in [6, 6.07) is 5.50. The molecule has 0 saturated heterocycles. The summed E-state index contributed by atoms with van der Waals surface area (Å²) in [5, 5.41) is 0. The van der Waals surface area contributed by atoms with E-state index >= 15 is 0 Å². The molecule has 1 aliphatic rings. The number of carbonyl (C=O) groups excluding carboxylic acids is 2. The second kappa shape index (κ2) is 5.43. The maximum absolute atomic E-state index is 12.1. The van der Waals surface area contributed by atoms with Crippen LogP contribution in [0.4, 0.5) is 0 Å². The van der Waals surface area contributed by atoms with Gasteiger partial charge in [-0.2, -0.15) is 0 Å². The summed E-state index contributed by atoms with van der Waals surface area (Å²) in [5.74, 6) is 0.766. The highest BCUT2D eigenvalue weighted by Gasteiger charge is 2.24. The fraction of sp³-hybridized carbons (Fsp3) is 0.467. The SMILES string of the molecule is CC(=O)N1CCC(=O)c2cccc(OC(C)C)c2C1. The first-order valence-corrected chi connectivity index (χ1v) is 6.56. The van der Waals surface area contributed by atoms with Crippen molar-refractivity contribution >= 4 is 11.7 Å². The van der Waals surface area contributed by atoms with Crippen molar-refractivity contribution in [3.8, 4) is 5.75 Å². The van der Waals surface area contributed by atoms with Crippen molar-refractivity contribution in [2.75, 3.05) is 6.54 Å². The minimum atomic E-state index is -0.0139. The molecule has 0 radical (unpaired) electrons. The van der Waals surface area contributed by atoms with Crippen molar-refractivity contribution < 1.29 is 14.3 Å². The molecule has 0 aliphatic carbocycles. The van der Waals surface area contributed by atoms with Crippen molar-refractivity contribution in [1.29, 1.82) is 0 Å². The average molecular weight is 261 g/mol. The molecule has 0 spiro atoms. The monoisotopic (exact) mass is 261 g/mol. The highest BCUT2D eigenvalue weighted by Crippen LogP contribution is 2.28. The first-order valence-electron chi connectivity index (χ1n) is 6.56. The van der Waals surface area contributed by atoms with E-state index in [0.29, 0.717) is 30.8 Å². The smallest absolute Gasteiger partial charge is 0.219 e. The largest absolute Gasteiger partial charge is 0.491 e. The second-order valence-corrected chi connectivity index (χ2v) is 5.06. The third kappa shape index (κ3) is 2.95. The lowest BCUT2D eigenvalue weighted by Crippen LogP contribution is -2.28. The zero-order valence-corrected chi connectivity index (χ0v) is 11.6. The number of hydrogen-bond acceptors (Lipinski definition) is 3. The maximum Gasteiger partial charge on any atom is 0.219 e. The Kier molecular flexibility index (Phi) is 3.88. The summed E-state index contributed by atoms with van der Waals surface area (Å²) in [7, 11) is 0. The molecule has 1 aliphatic heterocycles. The van der Waals surface area contributed by atoms with E-state index in [0.717, 1.165) is 5.56 Å². The van der Waals surface area contributed by atoms with E-state index in [-0.39, 0.29) is 17.8 Å². The van der Waals surface area contributed by atoms with Gasteiger partial charge in [-0.15, -0.1) is 0 Å². The molecule has 0 aromatic heterocycles. The predicted molar refractivity (Wildman–Crippen MR) is 72.2 cm³/mol. The van der Waals surface area contributed by atoms with E-state index in [1.807, 2.05) is 32.0 Å². The number of amides is 1. The van der Waals surface area contributed by atoms with Gasteiger partial charge in [0.25, 0.3) is 0 Å². The molecule has 0 unspecified atom stereocenters. The van der Waals surface area contributed by atoms with Gasteiger partial charge in [-0.3, -0.25) is 9.59 Å². The van der Waals surface area contributed by atoms with Crippen LogP contribution in [0.3, 0.4) is 0 Å². The van der Waals surface area contributed by atoms with Gasteiger partial charge in [-0.1, -0.05) is 12.1 Å². The van der Waals surface area contributed by atoms with E-state index in [9.17, 15) is 9.59 Å². The molecule has 0 fully saturated rings. The third-order valence-electron chi connectivity index (χ3n) is 3.20. The summed E-state index contributed by atoms with van der Waals surface area (Å²) >= 11 is 0. The normalized spacial score (nSPS) is 15.2. The van der Waals surface area contributed by atoms with Gasteiger partial charge in [0.2, 0.25) is 5.91 Å². The van der Waals surface area contributed by atoms with Crippen LogP contribution in [0.5, 0.6) is 5.75 Å². The zero-order valence-electron chi connectivity index (χ0n) is 11.6. The quantitative estimate of drug-likeness (QED) is 0.821. The molecular weight excluding hydrogens is 242 g/mol. The molecule has 102 valence electrons. The lowest BCUT2D eigenvalue weighted by atomic mass is 10.0.